The van der Waals surface area contributed by atoms with Gasteiger partial charge in [0.05, 0.1) is 5.92 Å². The summed E-state index contributed by atoms with van der Waals surface area (Å²) in [5, 5.41) is 12.5. The Bertz CT molecular complexity index is 290. The molecule has 0 aromatic carbocycles. The zero-order chi connectivity index (χ0) is 12.3. The average molecular weight is 259 g/mol. The smallest absolute Gasteiger partial charge is 0.306 e. The molecule has 2 rings (SSSR count). The number of carboxylic acids is 1. The van der Waals surface area contributed by atoms with Crippen molar-refractivity contribution in [1.82, 2.24) is 5.32 Å². The lowest BCUT2D eigenvalue weighted by Crippen LogP contribution is -2.44. The summed E-state index contributed by atoms with van der Waals surface area (Å²) in [5.74, 6) is 0.869. The lowest BCUT2D eigenvalue weighted by Gasteiger charge is -2.32. The third kappa shape index (κ3) is 3.78. The summed E-state index contributed by atoms with van der Waals surface area (Å²) in [6, 6.07) is 0.973. The fourth-order valence-corrected chi connectivity index (χ4v) is 4.10. The highest BCUT2D eigenvalue weighted by molar-refractivity contribution is 7.85. The Labute approximate surface area is 105 Å². The Morgan fingerprint density at radius 1 is 1.00 bits per heavy atom. The highest BCUT2D eigenvalue weighted by atomic mass is 32.2. The molecule has 1 aliphatic heterocycles. The molecule has 2 fully saturated rings. The second-order valence-electron chi connectivity index (χ2n) is 5.18. The van der Waals surface area contributed by atoms with Crippen molar-refractivity contribution >= 4 is 16.8 Å². The van der Waals surface area contributed by atoms with Gasteiger partial charge in [0.25, 0.3) is 0 Å². The van der Waals surface area contributed by atoms with Crippen LogP contribution in [0.4, 0.5) is 0 Å². The van der Waals surface area contributed by atoms with E-state index in [0.29, 0.717) is 12.1 Å². The maximum absolute atomic E-state index is 11.2. The highest BCUT2D eigenvalue weighted by Gasteiger charge is 2.28. The monoisotopic (exact) mass is 259 g/mol. The molecule has 4 nitrogen and oxygen atoms in total. The average Bonchev–Trinajstić information content (AvgIpc) is 2.33. The van der Waals surface area contributed by atoms with Gasteiger partial charge in [-0.3, -0.25) is 9.00 Å². The van der Waals surface area contributed by atoms with E-state index in [1.54, 1.807) is 0 Å². The Hall–Kier alpha value is -0.420. The summed E-state index contributed by atoms with van der Waals surface area (Å²) in [6.07, 6.45) is 5.54. The Morgan fingerprint density at radius 2 is 1.53 bits per heavy atom. The minimum atomic E-state index is -0.642. The van der Waals surface area contributed by atoms with E-state index in [1.807, 2.05) is 0 Å². The largest absolute Gasteiger partial charge is 0.481 e. The Morgan fingerprint density at radius 3 is 2.06 bits per heavy atom. The number of nitrogens with one attached hydrogen (secondary N) is 1. The van der Waals surface area contributed by atoms with E-state index in [4.69, 9.17) is 5.11 Å². The molecule has 1 saturated carbocycles. The summed E-state index contributed by atoms with van der Waals surface area (Å²) in [7, 11) is -0.597. The van der Waals surface area contributed by atoms with Crippen molar-refractivity contribution in [2.75, 3.05) is 11.5 Å². The predicted molar refractivity (Wildman–Crippen MR) is 67.4 cm³/mol. The molecule has 0 aromatic heterocycles. The molecule has 98 valence electrons. The quantitative estimate of drug-likeness (QED) is 0.797. The van der Waals surface area contributed by atoms with Crippen LogP contribution in [0.15, 0.2) is 0 Å². The highest BCUT2D eigenvalue weighted by Crippen LogP contribution is 2.25. The van der Waals surface area contributed by atoms with E-state index in [0.717, 1.165) is 50.0 Å². The van der Waals surface area contributed by atoms with Crippen LogP contribution in [-0.2, 0) is 15.6 Å². The van der Waals surface area contributed by atoms with Gasteiger partial charge in [-0.2, -0.15) is 0 Å². The third-order valence-corrected chi connectivity index (χ3v) is 5.32. The molecule has 1 saturated heterocycles. The molecule has 1 heterocycles. The van der Waals surface area contributed by atoms with Crippen LogP contribution in [0.1, 0.15) is 38.5 Å². The van der Waals surface area contributed by atoms with Crippen LogP contribution in [-0.4, -0.2) is 38.9 Å². The van der Waals surface area contributed by atoms with Gasteiger partial charge >= 0.3 is 5.97 Å². The first-order valence-corrected chi connectivity index (χ1v) is 7.98. The maximum Gasteiger partial charge on any atom is 0.306 e. The first kappa shape index (κ1) is 13.0. The fourth-order valence-electron chi connectivity index (χ4n) is 2.80. The van der Waals surface area contributed by atoms with Crippen LogP contribution in [0.3, 0.4) is 0 Å². The molecule has 17 heavy (non-hydrogen) atoms. The molecule has 5 heteroatoms. The Balaban J connectivity index is 1.71. The summed E-state index contributed by atoms with van der Waals surface area (Å²) < 4.78 is 11.2. The molecule has 1 aliphatic carbocycles. The lowest BCUT2D eigenvalue weighted by molar-refractivity contribution is -0.142. The first-order chi connectivity index (χ1) is 8.15. The second kappa shape index (κ2) is 5.96. The van der Waals surface area contributed by atoms with Gasteiger partial charge in [0.15, 0.2) is 0 Å². The zero-order valence-corrected chi connectivity index (χ0v) is 10.9. The summed E-state index contributed by atoms with van der Waals surface area (Å²) in [4.78, 5) is 10.8. The van der Waals surface area contributed by atoms with Gasteiger partial charge in [-0.1, -0.05) is 0 Å². The van der Waals surface area contributed by atoms with Crippen molar-refractivity contribution in [2.45, 2.75) is 50.6 Å². The molecule has 0 spiro atoms. The van der Waals surface area contributed by atoms with Gasteiger partial charge in [-0.25, -0.2) is 0 Å². The van der Waals surface area contributed by atoms with E-state index in [2.05, 4.69) is 5.32 Å². The number of aliphatic carboxylic acids is 1. The lowest BCUT2D eigenvalue weighted by atomic mass is 9.85. The van der Waals surface area contributed by atoms with Crippen LogP contribution in [0.25, 0.3) is 0 Å². The maximum atomic E-state index is 11.2. The van der Waals surface area contributed by atoms with Gasteiger partial charge < -0.3 is 10.4 Å². The predicted octanol–water partition coefficient (Wildman–Crippen LogP) is 1.13. The van der Waals surface area contributed by atoms with Crippen LogP contribution >= 0.6 is 0 Å². The van der Waals surface area contributed by atoms with Crippen LogP contribution < -0.4 is 5.32 Å². The topological polar surface area (TPSA) is 66.4 Å². The molecule has 0 bridgehead atoms. The first-order valence-electron chi connectivity index (χ1n) is 6.49. The van der Waals surface area contributed by atoms with Gasteiger partial charge in [-0.15, -0.1) is 0 Å². The van der Waals surface area contributed by atoms with E-state index < -0.39 is 16.8 Å². The van der Waals surface area contributed by atoms with Crippen LogP contribution in [0, 0.1) is 5.92 Å². The molecule has 0 atom stereocenters. The minimum Gasteiger partial charge on any atom is -0.481 e. The van der Waals surface area contributed by atoms with Crippen LogP contribution in [0.5, 0.6) is 0 Å². The molecule has 0 radical (unpaired) electrons. The molecule has 0 unspecified atom stereocenters. The SMILES string of the molecule is O=C(O)C1CCC(NC2CCS(=O)CC2)CC1. The third-order valence-electron chi connectivity index (χ3n) is 3.94. The fraction of sp³-hybridized carbons (Fsp3) is 0.917. The summed E-state index contributed by atoms with van der Waals surface area (Å²) in [6.45, 7) is 0. The molecular formula is C12H21NO3S. The van der Waals surface area contributed by atoms with E-state index in [9.17, 15) is 9.00 Å². The van der Waals surface area contributed by atoms with E-state index in [1.165, 1.54) is 0 Å². The standard InChI is InChI=1S/C12H21NO3S/c14-12(15)9-1-3-10(4-2-9)13-11-5-7-17(16)8-6-11/h9-11,13H,1-8H2,(H,14,15). The molecule has 0 aromatic rings. The normalized spacial score (nSPS) is 38.8. The summed E-state index contributed by atoms with van der Waals surface area (Å²) in [5.41, 5.74) is 0. The molecule has 2 aliphatic rings. The number of hydrogen-bond acceptors (Lipinski definition) is 3. The molecular weight excluding hydrogens is 238 g/mol. The number of carbonyl (C=O) groups is 1. The minimum absolute atomic E-state index is 0.132. The van der Waals surface area contributed by atoms with Gasteiger partial charge in [-0.05, 0) is 38.5 Å². The zero-order valence-electron chi connectivity index (χ0n) is 10.1. The number of carboxylic acid groups (broad SMARTS) is 1. The molecule has 0 amide bonds. The van der Waals surface area contributed by atoms with Crippen molar-refractivity contribution in [3.63, 3.8) is 0 Å². The van der Waals surface area contributed by atoms with Gasteiger partial charge in [0.1, 0.15) is 0 Å². The number of hydrogen-bond donors (Lipinski definition) is 2. The van der Waals surface area contributed by atoms with Crippen molar-refractivity contribution in [3.05, 3.63) is 0 Å². The second-order valence-corrected chi connectivity index (χ2v) is 6.87. The van der Waals surface area contributed by atoms with Crippen molar-refractivity contribution in [3.8, 4) is 0 Å². The van der Waals surface area contributed by atoms with Gasteiger partial charge in [0.2, 0.25) is 0 Å². The van der Waals surface area contributed by atoms with Crippen LogP contribution in [0.2, 0.25) is 0 Å². The summed E-state index contributed by atoms with van der Waals surface area (Å²) >= 11 is 0. The molecule has 2 N–H and O–H groups in total. The van der Waals surface area contributed by atoms with Crippen molar-refractivity contribution in [1.29, 1.82) is 0 Å². The van der Waals surface area contributed by atoms with E-state index in [-0.39, 0.29) is 5.92 Å². The van der Waals surface area contributed by atoms with E-state index >= 15 is 0 Å². The number of rotatable bonds is 3. The van der Waals surface area contributed by atoms with Crippen molar-refractivity contribution in [2.24, 2.45) is 5.92 Å². The van der Waals surface area contributed by atoms with Crippen molar-refractivity contribution < 1.29 is 14.1 Å². The Kier molecular flexibility index (Phi) is 4.56. The van der Waals surface area contributed by atoms with Gasteiger partial charge in [0, 0.05) is 34.4 Å².